The molecule has 3 nitrogen and oxygen atoms in total. The molecule has 2 aromatic carbocycles. The van der Waals surface area contributed by atoms with Crippen LogP contribution in [0.5, 0.6) is 0 Å². The van der Waals surface area contributed by atoms with Crippen molar-refractivity contribution in [3.05, 3.63) is 65.4 Å². The fourth-order valence-corrected chi connectivity index (χ4v) is 3.35. The van der Waals surface area contributed by atoms with Gasteiger partial charge in [0.05, 0.1) is 5.69 Å². The van der Waals surface area contributed by atoms with Gasteiger partial charge >= 0.3 is 0 Å². The maximum Gasteiger partial charge on any atom is 0.258 e. The molecule has 4 rings (SSSR count). The smallest absolute Gasteiger partial charge is 0.258 e. The van der Waals surface area contributed by atoms with Crippen LogP contribution >= 0.6 is 0 Å². The zero-order valence-electron chi connectivity index (χ0n) is 13.3. The maximum absolute atomic E-state index is 12.6. The van der Waals surface area contributed by atoms with Crippen molar-refractivity contribution in [2.24, 2.45) is 0 Å². The van der Waals surface area contributed by atoms with Crippen LogP contribution in [0.25, 0.3) is 22.6 Å². The van der Waals surface area contributed by atoms with Gasteiger partial charge in [-0.1, -0.05) is 43.3 Å². The second-order valence-corrected chi connectivity index (χ2v) is 5.88. The number of nitrogens with zero attached hydrogens (tertiary/aromatic N) is 1. The summed E-state index contributed by atoms with van der Waals surface area (Å²) in [7, 11) is 1.83. The molecule has 0 saturated heterocycles. The summed E-state index contributed by atoms with van der Waals surface area (Å²) in [5.74, 6) is 0.0483. The summed E-state index contributed by atoms with van der Waals surface area (Å²) in [6.45, 7) is 2.15. The van der Waals surface area contributed by atoms with E-state index in [0.717, 1.165) is 39.7 Å². The number of anilines is 1. The number of rotatable bonds is 2. The largest absolute Gasteiger partial charge is 0.360 e. The molecule has 2 heterocycles. The number of H-pyrrole nitrogens is 1. The van der Waals surface area contributed by atoms with E-state index in [9.17, 15) is 4.79 Å². The lowest BCUT2D eigenvalue weighted by atomic mass is 10.0. The van der Waals surface area contributed by atoms with Crippen molar-refractivity contribution in [3.8, 4) is 0 Å². The van der Waals surface area contributed by atoms with Crippen LogP contribution in [0.4, 0.5) is 5.69 Å². The fourth-order valence-electron chi connectivity index (χ4n) is 3.35. The molecule has 0 radical (unpaired) electrons. The van der Waals surface area contributed by atoms with Gasteiger partial charge in [-0.2, -0.15) is 0 Å². The van der Waals surface area contributed by atoms with E-state index < -0.39 is 0 Å². The molecule has 0 atom stereocenters. The number of aryl methyl sites for hydroxylation is 1. The van der Waals surface area contributed by atoms with Crippen molar-refractivity contribution in [2.45, 2.75) is 13.3 Å². The van der Waals surface area contributed by atoms with E-state index in [2.05, 4.69) is 30.1 Å². The van der Waals surface area contributed by atoms with Gasteiger partial charge in [0, 0.05) is 40.8 Å². The lowest BCUT2D eigenvalue weighted by Crippen LogP contribution is -2.20. The molecular weight excluding hydrogens is 284 g/mol. The molecule has 0 spiro atoms. The molecule has 1 aromatic heterocycles. The van der Waals surface area contributed by atoms with Gasteiger partial charge < -0.3 is 9.88 Å². The molecule has 114 valence electrons. The minimum Gasteiger partial charge on any atom is -0.360 e. The first-order valence-corrected chi connectivity index (χ1v) is 7.89. The molecule has 3 aromatic rings. The molecule has 1 N–H and O–H groups in total. The number of carbonyl (C=O) groups excluding carboxylic acids is 1. The normalized spacial score (nSPS) is 15.7. The van der Waals surface area contributed by atoms with Gasteiger partial charge in [-0.15, -0.1) is 0 Å². The van der Waals surface area contributed by atoms with Crippen LogP contribution < -0.4 is 4.90 Å². The summed E-state index contributed by atoms with van der Waals surface area (Å²) >= 11 is 0. The number of carbonyl (C=O) groups is 1. The van der Waals surface area contributed by atoms with Gasteiger partial charge in [-0.05, 0) is 24.1 Å². The number of benzene rings is 2. The highest BCUT2D eigenvalue weighted by molar-refractivity contribution is 6.36. The number of hydrogen-bond acceptors (Lipinski definition) is 1. The number of fused-ring (bicyclic) bond motifs is 2. The molecule has 1 amide bonds. The zero-order valence-corrected chi connectivity index (χ0v) is 13.3. The SMILES string of the molecule is CCc1cccc2c(/C=C3\C(=O)N(C)c4ccccc43)c[nH]c12. The minimum atomic E-state index is 0.0483. The molecule has 0 aliphatic carbocycles. The van der Waals surface area contributed by atoms with Crippen molar-refractivity contribution in [2.75, 3.05) is 11.9 Å². The van der Waals surface area contributed by atoms with E-state index in [1.54, 1.807) is 4.90 Å². The number of amides is 1. The monoisotopic (exact) mass is 302 g/mol. The Morgan fingerprint density at radius 3 is 2.78 bits per heavy atom. The number of para-hydroxylation sites is 2. The standard InChI is InChI=1S/C20H18N2O/c1-3-13-7-6-9-15-14(12-21-19(13)15)11-17-16-8-4-5-10-18(16)22(2)20(17)23/h4-12,21H,3H2,1-2H3/b17-11-. The minimum absolute atomic E-state index is 0.0483. The number of likely N-dealkylation sites (N-methyl/N-ethyl adjacent to an activating group) is 1. The summed E-state index contributed by atoms with van der Waals surface area (Å²) in [5, 5.41) is 1.16. The molecule has 3 heteroatoms. The van der Waals surface area contributed by atoms with Gasteiger partial charge in [0.15, 0.2) is 0 Å². The highest BCUT2D eigenvalue weighted by Gasteiger charge is 2.29. The van der Waals surface area contributed by atoms with Crippen molar-refractivity contribution in [1.82, 2.24) is 4.98 Å². The maximum atomic E-state index is 12.6. The Morgan fingerprint density at radius 2 is 1.96 bits per heavy atom. The van der Waals surface area contributed by atoms with Crippen LogP contribution in [0.3, 0.4) is 0 Å². The third-order valence-electron chi connectivity index (χ3n) is 4.61. The predicted molar refractivity (Wildman–Crippen MR) is 95.4 cm³/mol. The van der Waals surface area contributed by atoms with Crippen molar-refractivity contribution < 1.29 is 4.79 Å². The van der Waals surface area contributed by atoms with Crippen molar-refractivity contribution in [1.29, 1.82) is 0 Å². The Labute approximate surface area is 135 Å². The first-order chi connectivity index (χ1) is 11.2. The molecule has 0 fully saturated rings. The number of nitrogens with one attached hydrogen (secondary N) is 1. The van der Waals surface area contributed by atoms with Gasteiger partial charge in [-0.3, -0.25) is 4.79 Å². The molecule has 1 aliphatic rings. The average Bonchev–Trinajstić information content (AvgIpc) is 3.10. The van der Waals surface area contributed by atoms with Gasteiger partial charge in [0.2, 0.25) is 0 Å². The first-order valence-electron chi connectivity index (χ1n) is 7.89. The lowest BCUT2D eigenvalue weighted by molar-refractivity contribution is -0.112. The summed E-state index contributed by atoms with van der Waals surface area (Å²) in [6.07, 6.45) is 4.98. The topological polar surface area (TPSA) is 36.1 Å². The third-order valence-corrected chi connectivity index (χ3v) is 4.61. The Morgan fingerprint density at radius 1 is 1.13 bits per heavy atom. The molecule has 0 saturated carbocycles. The van der Waals surface area contributed by atoms with E-state index in [4.69, 9.17) is 0 Å². The second kappa shape index (κ2) is 5.13. The van der Waals surface area contributed by atoms with Gasteiger partial charge in [0.25, 0.3) is 5.91 Å². The Bertz CT molecular complexity index is 949. The molecule has 1 aliphatic heterocycles. The second-order valence-electron chi connectivity index (χ2n) is 5.88. The van der Waals surface area contributed by atoms with Crippen molar-refractivity contribution in [3.63, 3.8) is 0 Å². The van der Waals surface area contributed by atoms with E-state index in [1.807, 2.05) is 43.6 Å². The van der Waals surface area contributed by atoms with E-state index in [0.29, 0.717) is 0 Å². The average molecular weight is 302 g/mol. The van der Waals surface area contributed by atoms with Crippen LogP contribution in [0.1, 0.15) is 23.6 Å². The Balaban J connectivity index is 1.90. The van der Waals surface area contributed by atoms with Gasteiger partial charge in [-0.25, -0.2) is 0 Å². The number of aromatic nitrogens is 1. The van der Waals surface area contributed by atoms with E-state index >= 15 is 0 Å². The summed E-state index contributed by atoms with van der Waals surface area (Å²) in [4.78, 5) is 17.7. The molecule has 23 heavy (non-hydrogen) atoms. The van der Waals surface area contributed by atoms with E-state index in [-0.39, 0.29) is 5.91 Å². The quantitative estimate of drug-likeness (QED) is 0.706. The molecule has 0 bridgehead atoms. The zero-order chi connectivity index (χ0) is 16.0. The number of hydrogen-bond donors (Lipinski definition) is 1. The molecular formula is C20H18N2O. The number of aromatic amines is 1. The Hall–Kier alpha value is -2.81. The summed E-state index contributed by atoms with van der Waals surface area (Å²) in [5.41, 5.74) is 6.24. The highest BCUT2D eigenvalue weighted by Crippen LogP contribution is 2.37. The highest BCUT2D eigenvalue weighted by atomic mass is 16.2. The van der Waals surface area contributed by atoms with E-state index in [1.165, 1.54) is 5.56 Å². The van der Waals surface area contributed by atoms with Crippen LogP contribution in [-0.2, 0) is 11.2 Å². The van der Waals surface area contributed by atoms with Gasteiger partial charge in [0.1, 0.15) is 0 Å². The third kappa shape index (κ3) is 2.00. The Kier molecular flexibility index (Phi) is 3.08. The molecule has 0 unspecified atom stereocenters. The summed E-state index contributed by atoms with van der Waals surface area (Å²) < 4.78 is 0. The van der Waals surface area contributed by atoms with Crippen molar-refractivity contribution >= 4 is 34.1 Å². The van der Waals surface area contributed by atoms with Crippen LogP contribution in [0.2, 0.25) is 0 Å². The van der Waals surface area contributed by atoms with Crippen LogP contribution in [0, 0.1) is 0 Å². The fraction of sp³-hybridized carbons (Fsp3) is 0.150. The predicted octanol–water partition coefficient (Wildman–Crippen LogP) is 4.25. The first kappa shape index (κ1) is 13.8. The lowest BCUT2D eigenvalue weighted by Gasteiger charge is -2.07. The summed E-state index contributed by atoms with van der Waals surface area (Å²) in [6, 6.07) is 14.3. The van der Waals surface area contributed by atoms with Crippen LogP contribution in [-0.4, -0.2) is 17.9 Å². The van der Waals surface area contributed by atoms with Crippen LogP contribution in [0.15, 0.2) is 48.7 Å².